The molecule has 7 nitrogen and oxygen atoms in total. The third-order valence-electron chi connectivity index (χ3n) is 4.59. The minimum atomic E-state index is -2.77. The third-order valence-corrected chi connectivity index (χ3v) is 4.59. The van der Waals surface area contributed by atoms with Crippen LogP contribution in [-0.2, 0) is 4.74 Å². The quantitative estimate of drug-likeness (QED) is 0.605. The van der Waals surface area contributed by atoms with E-state index < -0.39 is 6.61 Å². The maximum atomic E-state index is 12.0. The molecular formula is C18H22F2N6O. The monoisotopic (exact) mass is 376 g/mol. The van der Waals surface area contributed by atoms with Gasteiger partial charge >= 0.3 is 6.61 Å². The summed E-state index contributed by atoms with van der Waals surface area (Å²) in [6, 6.07) is 0.740. The van der Waals surface area contributed by atoms with Crippen LogP contribution in [0.4, 0.5) is 14.7 Å². The van der Waals surface area contributed by atoms with Gasteiger partial charge in [0.05, 0.1) is 18.8 Å². The first-order chi connectivity index (χ1) is 13.0. The molecule has 4 rings (SSSR count). The van der Waals surface area contributed by atoms with Crippen LogP contribution < -0.4 is 5.32 Å². The molecule has 0 spiro atoms. The Kier molecular flexibility index (Phi) is 4.77. The second kappa shape index (κ2) is 7.22. The van der Waals surface area contributed by atoms with Gasteiger partial charge in [0, 0.05) is 47.7 Å². The molecule has 0 bridgehead atoms. The van der Waals surface area contributed by atoms with Gasteiger partial charge in [-0.05, 0) is 26.7 Å². The van der Waals surface area contributed by atoms with Crippen LogP contribution in [0, 0.1) is 0 Å². The number of aromatic nitrogens is 5. The molecule has 0 amide bonds. The van der Waals surface area contributed by atoms with Crippen LogP contribution in [0.15, 0.2) is 24.8 Å². The van der Waals surface area contributed by atoms with Crippen molar-refractivity contribution < 1.29 is 13.5 Å². The molecule has 0 unspecified atom stereocenters. The molecule has 1 fully saturated rings. The maximum Gasteiger partial charge on any atom is 0.345 e. The molecular weight excluding hydrogens is 354 g/mol. The Hall–Kier alpha value is -2.55. The molecule has 144 valence electrons. The van der Waals surface area contributed by atoms with E-state index in [1.165, 1.54) is 12.8 Å². The van der Waals surface area contributed by atoms with Crippen molar-refractivity contribution in [2.24, 2.45) is 0 Å². The Morgan fingerprint density at radius 3 is 2.78 bits per heavy atom. The minimum absolute atomic E-state index is 0.115. The molecule has 0 atom stereocenters. The van der Waals surface area contributed by atoms with E-state index >= 15 is 0 Å². The first kappa shape index (κ1) is 17.8. The Morgan fingerprint density at radius 1 is 1.26 bits per heavy atom. The summed E-state index contributed by atoms with van der Waals surface area (Å²) in [5.41, 5.74) is 2.88. The number of nitrogens with zero attached hydrogens (tertiary/aromatic N) is 5. The topological polar surface area (TPSA) is 69.8 Å². The summed E-state index contributed by atoms with van der Waals surface area (Å²) < 4.78 is 32.4. The molecule has 0 saturated heterocycles. The number of nitrogens with one attached hydrogen (secondary N) is 1. The van der Waals surface area contributed by atoms with Crippen LogP contribution in [0.25, 0.3) is 22.2 Å². The summed E-state index contributed by atoms with van der Waals surface area (Å²) in [6.07, 6.45) is 10.2. The van der Waals surface area contributed by atoms with Crippen molar-refractivity contribution in [3.05, 3.63) is 24.8 Å². The zero-order valence-corrected chi connectivity index (χ0v) is 15.3. The smallest absolute Gasteiger partial charge is 0.345 e. The van der Waals surface area contributed by atoms with E-state index in [1.807, 2.05) is 10.9 Å². The van der Waals surface area contributed by atoms with E-state index in [-0.39, 0.29) is 19.2 Å². The first-order valence-corrected chi connectivity index (χ1v) is 9.08. The molecule has 3 aromatic rings. The summed E-state index contributed by atoms with van der Waals surface area (Å²) in [5, 5.41) is 8.34. The molecule has 0 aromatic carbocycles. The van der Waals surface area contributed by atoms with Crippen LogP contribution in [0.1, 0.15) is 38.8 Å². The molecule has 3 heterocycles. The number of alkyl halides is 2. The van der Waals surface area contributed by atoms with Gasteiger partial charge in [-0.1, -0.05) is 0 Å². The lowest BCUT2D eigenvalue weighted by atomic mass is 10.1. The zero-order chi connectivity index (χ0) is 19.0. The highest BCUT2D eigenvalue weighted by Gasteiger charge is 2.25. The SMILES string of the molecule is CC(C)n1cc(-c2cnn(C3CC3)c2)c2cnc(NCCOC(F)F)nc21. The van der Waals surface area contributed by atoms with E-state index in [9.17, 15) is 8.78 Å². The predicted octanol–water partition coefficient (Wildman–Crippen LogP) is 3.86. The number of anilines is 1. The largest absolute Gasteiger partial charge is 0.352 e. The second-order valence-electron chi connectivity index (χ2n) is 6.97. The normalized spacial score (nSPS) is 14.6. The Balaban J connectivity index is 1.62. The number of fused-ring (bicyclic) bond motifs is 1. The second-order valence-corrected chi connectivity index (χ2v) is 6.97. The first-order valence-electron chi connectivity index (χ1n) is 9.08. The van der Waals surface area contributed by atoms with Crippen molar-refractivity contribution in [3.63, 3.8) is 0 Å². The van der Waals surface area contributed by atoms with Crippen molar-refractivity contribution in [1.29, 1.82) is 0 Å². The van der Waals surface area contributed by atoms with Crippen LogP contribution in [0.3, 0.4) is 0 Å². The van der Waals surface area contributed by atoms with Gasteiger partial charge in [-0.3, -0.25) is 4.68 Å². The molecule has 1 N–H and O–H groups in total. The van der Waals surface area contributed by atoms with Gasteiger partial charge in [0.25, 0.3) is 0 Å². The van der Waals surface area contributed by atoms with Gasteiger partial charge in [-0.15, -0.1) is 0 Å². The van der Waals surface area contributed by atoms with Crippen LogP contribution in [0.2, 0.25) is 0 Å². The standard InChI is InChI=1S/C18H22F2N6O/c1-11(2)25-10-15(12-7-23-26(9-12)13-3-4-13)14-8-22-18(24-16(14)25)21-5-6-27-17(19)20/h7-11,13,17H,3-6H2,1-2H3,(H,21,22,24). The van der Waals surface area contributed by atoms with Gasteiger partial charge < -0.3 is 14.6 Å². The van der Waals surface area contributed by atoms with E-state index in [0.29, 0.717) is 12.0 Å². The molecule has 3 aromatic heterocycles. The molecule has 1 saturated carbocycles. The molecule has 0 radical (unpaired) electrons. The molecule has 1 aliphatic rings. The molecule has 27 heavy (non-hydrogen) atoms. The number of hydrogen-bond donors (Lipinski definition) is 1. The average molecular weight is 376 g/mol. The lowest BCUT2D eigenvalue weighted by Crippen LogP contribution is -2.13. The summed E-state index contributed by atoms with van der Waals surface area (Å²) in [7, 11) is 0. The van der Waals surface area contributed by atoms with E-state index in [2.05, 4.69) is 55.9 Å². The van der Waals surface area contributed by atoms with E-state index in [4.69, 9.17) is 0 Å². The van der Waals surface area contributed by atoms with Crippen LogP contribution in [-0.4, -0.2) is 44.1 Å². The van der Waals surface area contributed by atoms with Gasteiger partial charge in [0.1, 0.15) is 5.65 Å². The summed E-state index contributed by atoms with van der Waals surface area (Å²) in [5.74, 6) is 0.389. The molecule has 1 aliphatic carbocycles. The number of rotatable bonds is 8. The Morgan fingerprint density at radius 2 is 2.07 bits per heavy atom. The van der Waals surface area contributed by atoms with E-state index in [1.54, 1.807) is 6.20 Å². The van der Waals surface area contributed by atoms with Crippen molar-refractivity contribution in [2.45, 2.75) is 45.4 Å². The number of ether oxygens (including phenoxy) is 1. The minimum Gasteiger partial charge on any atom is -0.352 e. The third kappa shape index (κ3) is 3.78. The lowest BCUT2D eigenvalue weighted by Gasteiger charge is -2.09. The fourth-order valence-electron chi connectivity index (χ4n) is 3.07. The van der Waals surface area contributed by atoms with Crippen molar-refractivity contribution in [2.75, 3.05) is 18.5 Å². The average Bonchev–Trinajstić information content (AvgIpc) is 3.24. The van der Waals surface area contributed by atoms with Gasteiger partial charge in [0.2, 0.25) is 5.95 Å². The van der Waals surface area contributed by atoms with Gasteiger partial charge in [0.15, 0.2) is 0 Å². The fraction of sp³-hybridized carbons (Fsp3) is 0.500. The lowest BCUT2D eigenvalue weighted by molar-refractivity contribution is -0.125. The zero-order valence-electron chi connectivity index (χ0n) is 15.3. The highest BCUT2D eigenvalue weighted by molar-refractivity contribution is 5.93. The number of hydrogen-bond acceptors (Lipinski definition) is 5. The fourth-order valence-corrected chi connectivity index (χ4v) is 3.07. The van der Waals surface area contributed by atoms with Crippen molar-refractivity contribution >= 4 is 17.0 Å². The Bertz CT molecular complexity index is 931. The van der Waals surface area contributed by atoms with Crippen LogP contribution in [0.5, 0.6) is 0 Å². The van der Waals surface area contributed by atoms with E-state index in [0.717, 1.165) is 22.2 Å². The van der Waals surface area contributed by atoms with Crippen LogP contribution >= 0.6 is 0 Å². The highest BCUT2D eigenvalue weighted by atomic mass is 19.3. The van der Waals surface area contributed by atoms with Gasteiger partial charge in [-0.25, -0.2) is 4.98 Å². The van der Waals surface area contributed by atoms with Crippen molar-refractivity contribution in [3.8, 4) is 11.1 Å². The molecule has 9 heteroatoms. The Labute approximate surface area is 155 Å². The summed E-state index contributed by atoms with van der Waals surface area (Å²) in [4.78, 5) is 8.91. The molecule has 0 aliphatic heterocycles. The maximum absolute atomic E-state index is 12.0. The van der Waals surface area contributed by atoms with Gasteiger partial charge in [-0.2, -0.15) is 18.9 Å². The highest BCUT2D eigenvalue weighted by Crippen LogP contribution is 2.37. The predicted molar refractivity (Wildman–Crippen MR) is 97.9 cm³/mol. The summed E-state index contributed by atoms with van der Waals surface area (Å²) >= 11 is 0. The van der Waals surface area contributed by atoms with Crippen molar-refractivity contribution in [1.82, 2.24) is 24.3 Å². The number of halogens is 2. The summed E-state index contributed by atoms with van der Waals surface area (Å²) in [6.45, 7) is 1.49.